The molecule has 0 atom stereocenters. The molecule has 18 heavy (non-hydrogen) atoms. The summed E-state index contributed by atoms with van der Waals surface area (Å²) in [5.74, 6) is -0.0111. The lowest BCUT2D eigenvalue weighted by atomic mass is 10.1. The molecule has 0 saturated heterocycles. The molecule has 4 nitrogen and oxygen atoms in total. The maximum atomic E-state index is 11.9. The van der Waals surface area contributed by atoms with E-state index in [1.165, 1.54) is 5.56 Å². The first kappa shape index (κ1) is 13.1. The van der Waals surface area contributed by atoms with Gasteiger partial charge in [0.25, 0.3) is 5.91 Å². The van der Waals surface area contributed by atoms with Crippen LogP contribution in [0.3, 0.4) is 0 Å². The Hall–Kier alpha value is -1.39. The number of amides is 1. The number of hydrogen-bond acceptors (Lipinski definition) is 3. The lowest BCUT2D eigenvalue weighted by Gasteiger charge is -2.07. The first-order valence-electron chi connectivity index (χ1n) is 6.49. The van der Waals surface area contributed by atoms with Crippen LogP contribution >= 0.6 is 0 Å². The van der Waals surface area contributed by atoms with Gasteiger partial charge < -0.3 is 15.4 Å². The predicted molar refractivity (Wildman–Crippen MR) is 70.4 cm³/mol. The lowest BCUT2D eigenvalue weighted by molar-refractivity contribution is 0.0954. The van der Waals surface area contributed by atoms with E-state index in [9.17, 15) is 4.79 Å². The number of ether oxygens (including phenoxy) is 1. The fourth-order valence-corrected chi connectivity index (χ4v) is 1.98. The summed E-state index contributed by atoms with van der Waals surface area (Å²) in [5.41, 5.74) is 3.04. The summed E-state index contributed by atoms with van der Waals surface area (Å²) < 4.78 is 5.33. The summed E-state index contributed by atoms with van der Waals surface area (Å²) in [4.78, 5) is 11.9. The van der Waals surface area contributed by atoms with Crippen molar-refractivity contribution in [2.45, 2.75) is 26.6 Å². The van der Waals surface area contributed by atoms with Crippen LogP contribution in [0, 0.1) is 0 Å². The molecule has 1 aliphatic heterocycles. The molecule has 0 bridgehead atoms. The van der Waals surface area contributed by atoms with Gasteiger partial charge in [-0.1, -0.05) is 13.0 Å². The zero-order valence-electron chi connectivity index (χ0n) is 10.8. The molecule has 1 amide bonds. The normalized spacial score (nSPS) is 13.4. The highest BCUT2D eigenvalue weighted by Gasteiger charge is 2.13. The molecule has 2 rings (SSSR count). The summed E-state index contributed by atoms with van der Waals surface area (Å²) in [7, 11) is 0. The van der Waals surface area contributed by atoms with Gasteiger partial charge in [-0.25, -0.2) is 0 Å². The molecule has 2 N–H and O–H groups in total. The van der Waals surface area contributed by atoms with Gasteiger partial charge in [0.1, 0.15) is 0 Å². The fourth-order valence-electron chi connectivity index (χ4n) is 1.98. The van der Waals surface area contributed by atoms with Crippen molar-refractivity contribution in [3.05, 3.63) is 34.9 Å². The number of benzene rings is 1. The Kier molecular flexibility index (Phi) is 4.73. The van der Waals surface area contributed by atoms with Crippen LogP contribution in [0.25, 0.3) is 0 Å². The molecule has 0 aliphatic carbocycles. The van der Waals surface area contributed by atoms with Crippen molar-refractivity contribution in [3.8, 4) is 0 Å². The molecule has 0 spiro atoms. The molecule has 0 radical (unpaired) electrons. The zero-order valence-corrected chi connectivity index (χ0v) is 10.8. The molecule has 4 heteroatoms. The molecule has 1 aromatic carbocycles. The van der Waals surface area contributed by atoms with Crippen molar-refractivity contribution < 1.29 is 9.53 Å². The van der Waals surface area contributed by atoms with Gasteiger partial charge in [0.15, 0.2) is 0 Å². The van der Waals surface area contributed by atoms with Crippen LogP contribution in [0.1, 0.15) is 34.8 Å². The molecule has 0 fully saturated rings. The van der Waals surface area contributed by atoms with E-state index in [2.05, 4.69) is 17.6 Å². The van der Waals surface area contributed by atoms with Gasteiger partial charge in [0.2, 0.25) is 0 Å². The van der Waals surface area contributed by atoms with Crippen molar-refractivity contribution in [2.24, 2.45) is 0 Å². The molecule has 1 heterocycles. The largest absolute Gasteiger partial charge is 0.372 e. The minimum atomic E-state index is -0.0111. The third-order valence-electron chi connectivity index (χ3n) is 3.00. The van der Waals surface area contributed by atoms with E-state index in [-0.39, 0.29) is 5.91 Å². The second-order valence-corrected chi connectivity index (χ2v) is 4.48. The third kappa shape index (κ3) is 3.31. The highest BCUT2D eigenvalue weighted by atomic mass is 16.5. The number of nitrogens with one attached hydrogen (secondary N) is 2. The van der Waals surface area contributed by atoms with Crippen LogP contribution < -0.4 is 10.6 Å². The van der Waals surface area contributed by atoms with Gasteiger partial charge in [0.05, 0.1) is 13.2 Å². The van der Waals surface area contributed by atoms with Crippen LogP contribution in [0.2, 0.25) is 0 Å². The van der Waals surface area contributed by atoms with Crippen LogP contribution in [-0.4, -0.2) is 25.5 Å². The van der Waals surface area contributed by atoms with Gasteiger partial charge in [-0.15, -0.1) is 0 Å². The maximum absolute atomic E-state index is 11.9. The van der Waals surface area contributed by atoms with E-state index in [0.717, 1.165) is 30.6 Å². The van der Waals surface area contributed by atoms with E-state index in [0.29, 0.717) is 19.8 Å². The predicted octanol–water partition coefficient (Wildman–Crippen LogP) is 1.45. The summed E-state index contributed by atoms with van der Waals surface area (Å²) in [6.45, 7) is 5.87. The van der Waals surface area contributed by atoms with E-state index in [1.807, 2.05) is 18.2 Å². The lowest BCUT2D eigenvalue weighted by Crippen LogP contribution is -2.32. The molecule has 1 aromatic rings. The van der Waals surface area contributed by atoms with Gasteiger partial charge >= 0.3 is 0 Å². The minimum absolute atomic E-state index is 0.0111. The van der Waals surface area contributed by atoms with Crippen LogP contribution in [0.15, 0.2) is 18.2 Å². The third-order valence-corrected chi connectivity index (χ3v) is 3.00. The summed E-state index contributed by atoms with van der Waals surface area (Å²) in [6, 6.07) is 5.77. The number of carbonyl (C=O) groups is 1. The number of rotatable bonds is 6. The van der Waals surface area contributed by atoms with Crippen molar-refractivity contribution >= 4 is 5.91 Å². The van der Waals surface area contributed by atoms with Gasteiger partial charge in [0, 0.05) is 18.7 Å². The average molecular weight is 248 g/mol. The Morgan fingerprint density at radius 1 is 1.22 bits per heavy atom. The molecular weight excluding hydrogens is 228 g/mol. The van der Waals surface area contributed by atoms with Crippen molar-refractivity contribution in [3.63, 3.8) is 0 Å². The molecule has 0 unspecified atom stereocenters. The first-order valence-corrected chi connectivity index (χ1v) is 6.49. The summed E-state index contributed by atoms with van der Waals surface area (Å²) >= 11 is 0. The summed E-state index contributed by atoms with van der Waals surface area (Å²) in [5, 5.41) is 6.16. The van der Waals surface area contributed by atoms with E-state index in [4.69, 9.17) is 4.74 Å². The number of fused-ring (bicyclic) bond motifs is 1. The van der Waals surface area contributed by atoms with Crippen LogP contribution in [0.4, 0.5) is 0 Å². The van der Waals surface area contributed by atoms with E-state index >= 15 is 0 Å². The second kappa shape index (κ2) is 6.52. The monoisotopic (exact) mass is 248 g/mol. The fraction of sp³-hybridized carbons (Fsp3) is 0.500. The Morgan fingerprint density at radius 3 is 2.89 bits per heavy atom. The van der Waals surface area contributed by atoms with Gasteiger partial charge in [-0.3, -0.25) is 4.79 Å². The van der Waals surface area contributed by atoms with Crippen molar-refractivity contribution in [2.75, 3.05) is 19.6 Å². The topological polar surface area (TPSA) is 50.4 Å². The highest BCUT2D eigenvalue weighted by Crippen LogP contribution is 2.20. The van der Waals surface area contributed by atoms with E-state index in [1.54, 1.807) is 0 Å². The van der Waals surface area contributed by atoms with Crippen LogP contribution in [-0.2, 0) is 18.0 Å². The molecule has 0 saturated carbocycles. The quantitative estimate of drug-likeness (QED) is 0.749. The Balaban J connectivity index is 1.82. The first-order chi connectivity index (χ1) is 8.81. The standard InChI is InChI=1S/C14H20N2O2/c1-2-5-15-6-7-16-14(17)11-3-4-12-9-18-10-13(12)8-11/h3-4,8,15H,2,5-7,9-10H2,1H3,(H,16,17). The number of hydrogen-bond donors (Lipinski definition) is 2. The highest BCUT2D eigenvalue weighted by molar-refractivity contribution is 5.94. The molecule has 0 aromatic heterocycles. The minimum Gasteiger partial charge on any atom is -0.372 e. The number of carbonyl (C=O) groups excluding carboxylic acids is 1. The SMILES string of the molecule is CCCNCCNC(=O)c1ccc2c(c1)COC2. The van der Waals surface area contributed by atoms with Crippen LogP contribution in [0.5, 0.6) is 0 Å². The van der Waals surface area contributed by atoms with E-state index < -0.39 is 0 Å². The Morgan fingerprint density at radius 2 is 2.06 bits per heavy atom. The zero-order chi connectivity index (χ0) is 12.8. The molecular formula is C14H20N2O2. The summed E-state index contributed by atoms with van der Waals surface area (Å²) in [6.07, 6.45) is 1.11. The van der Waals surface area contributed by atoms with Gasteiger partial charge in [-0.2, -0.15) is 0 Å². The van der Waals surface area contributed by atoms with Crippen molar-refractivity contribution in [1.82, 2.24) is 10.6 Å². The van der Waals surface area contributed by atoms with Crippen molar-refractivity contribution in [1.29, 1.82) is 0 Å². The second-order valence-electron chi connectivity index (χ2n) is 4.48. The average Bonchev–Trinajstić information content (AvgIpc) is 2.85. The maximum Gasteiger partial charge on any atom is 0.251 e. The van der Waals surface area contributed by atoms with Gasteiger partial charge in [-0.05, 0) is 36.2 Å². The Labute approximate surface area is 108 Å². The Bertz CT molecular complexity index is 418. The molecule has 98 valence electrons. The smallest absolute Gasteiger partial charge is 0.251 e. The molecule has 1 aliphatic rings.